The highest BCUT2D eigenvalue weighted by atomic mass is 32.2. The average molecular weight is 448 g/mol. The number of anilines is 1. The third-order valence-corrected chi connectivity index (χ3v) is 6.92. The molecular weight excluding hydrogens is 424 g/mol. The van der Waals surface area contributed by atoms with Crippen LogP contribution in [0.5, 0.6) is 11.5 Å². The molecule has 0 aliphatic carbocycles. The second-order valence-electron chi connectivity index (χ2n) is 6.95. The number of hydrogen-bond acceptors (Lipinski definition) is 4. The standard InChI is InChI=1S/C23H23F2NO4S/c1-15-9-11-18(14-21(15)25)31(27,28)26(16(2)19-7-5-6-8-20(19)24)17-10-12-22(29-3)23(13-17)30-4/h5-14,16H,1-4H3/t16-/m1/s1. The number of sulfonamides is 1. The van der Waals surface area contributed by atoms with Crippen LogP contribution >= 0.6 is 0 Å². The summed E-state index contributed by atoms with van der Waals surface area (Å²) in [5, 5.41) is 0. The van der Waals surface area contributed by atoms with Gasteiger partial charge in [-0.3, -0.25) is 4.31 Å². The molecule has 0 aromatic heterocycles. The topological polar surface area (TPSA) is 55.8 Å². The number of methoxy groups -OCH3 is 2. The Balaban J connectivity index is 2.24. The predicted molar refractivity (Wildman–Crippen MR) is 115 cm³/mol. The number of ether oxygens (including phenoxy) is 2. The lowest BCUT2D eigenvalue weighted by Crippen LogP contribution is -2.34. The van der Waals surface area contributed by atoms with E-state index >= 15 is 0 Å². The number of hydrogen-bond donors (Lipinski definition) is 0. The zero-order valence-corrected chi connectivity index (χ0v) is 18.4. The van der Waals surface area contributed by atoms with Crippen LogP contribution in [0.15, 0.2) is 65.6 Å². The van der Waals surface area contributed by atoms with Crippen molar-refractivity contribution in [3.8, 4) is 11.5 Å². The quantitative estimate of drug-likeness (QED) is 0.497. The summed E-state index contributed by atoms with van der Waals surface area (Å²) in [7, 11) is -1.38. The van der Waals surface area contributed by atoms with Crippen LogP contribution in [0, 0.1) is 18.6 Å². The van der Waals surface area contributed by atoms with E-state index < -0.39 is 27.7 Å². The third-order valence-electron chi connectivity index (χ3n) is 5.03. The van der Waals surface area contributed by atoms with Gasteiger partial charge in [0.25, 0.3) is 10.0 Å². The van der Waals surface area contributed by atoms with Crippen LogP contribution in [0.1, 0.15) is 24.1 Å². The summed E-state index contributed by atoms with van der Waals surface area (Å²) < 4.78 is 67.6. The number of aryl methyl sites for hydroxylation is 1. The molecule has 0 spiro atoms. The van der Waals surface area contributed by atoms with E-state index in [1.165, 1.54) is 56.7 Å². The highest BCUT2D eigenvalue weighted by Gasteiger charge is 2.32. The number of nitrogens with zero attached hydrogens (tertiary/aromatic N) is 1. The second kappa shape index (κ2) is 8.93. The molecule has 0 heterocycles. The van der Waals surface area contributed by atoms with Crippen LogP contribution in [0.2, 0.25) is 0 Å². The molecule has 31 heavy (non-hydrogen) atoms. The highest BCUT2D eigenvalue weighted by Crippen LogP contribution is 2.39. The fourth-order valence-electron chi connectivity index (χ4n) is 3.32. The Hall–Kier alpha value is -3.13. The molecule has 0 amide bonds. The summed E-state index contributed by atoms with van der Waals surface area (Å²) in [5.41, 5.74) is 0.710. The highest BCUT2D eigenvalue weighted by molar-refractivity contribution is 7.92. The van der Waals surface area contributed by atoms with E-state index in [1.54, 1.807) is 26.0 Å². The van der Waals surface area contributed by atoms with Crippen molar-refractivity contribution in [2.75, 3.05) is 18.5 Å². The van der Waals surface area contributed by atoms with Crippen molar-refractivity contribution in [3.63, 3.8) is 0 Å². The predicted octanol–water partition coefficient (Wildman–Crippen LogP) is 5.25. The van der Waals surface area contributed by atoms with E-state index in [9.17, 15) is 17.2 Å². The third kappa shape index (κ3) is 4.34. The first-order chi connectivity index (χ1) is 14.7. The first kappa shape index (κ1) is 22.6. The van der Waals surface area contributed by atoms with Gasteiger partial charge in [0, 0.05) is 11.6 Å². The minimum atomic E-state index is -4.27. The van der Waals surface area contributed by atoms with Crippen molar-refractivity contribution >= 4 is 15.7 Å². The molecule has 0 N–H and O–H groups in total. The largest absolute Gasteiger partial charge is 0.493 e. The van der Waals surface area contributed by atoms with Crippen molar-refractivity contribution < 1.29 is 26.7 Å². The van der Waals surface area contributed by atoms with Crippen LogP contribution in [0.3, 0.4) is 0 Å². The molecule has 0 saturated heterocycles. The molecule has 3 aromatic carbocycles. The van der Waals surface area contributed by atoms with Crippen LogP contribution < -0.4 is 13.8 Å². The summed E-state index contributed by atoms with van der Waals surface area (Å²) >= 11 is 0. The Labute approximate surface area is 180 Å². The van der Waals surface area contributed by atoms with Gasteiger partial charge in [-0.05, 0) is 49.7 Å². The summed E-state index contributed by atoms with van der Waals surface area (Å²) in [4.78, 5) is -0.242. The zero-order chi connectivity index (χ0) is 22.8. The normalized spacial score (nSPS) is 12.3. The van der Waals surface area contributed by atoms with Crippen molar-refractivity contribution in [1.82, 2.24) is 0 Å². The van der Waals surface area contributed by atoms with Crippen LogP contribution in [-0.4, -0.2) is 22.6 Å². The lowest BCUT2D eigenvalue weighted by Gasteiger charge is -2.31. The number of rotatable bonds is 7. The molecule has 3 rings (SSSR count). The summed E-state index contributed by atoms with van der Waals surface area (Å²) in [5.74, 6) is -0.489. The van der Waals surface area contributed by atoms with E-state index in [0.717, 1.165) is 10.4 Å². The SMILES string of the molecule is COc1ccc(N([C@H](C)c2ccccc2F)S(=O)(=O)c2ccc(C)c(F)c2)cc1OC. The Morgan fingerprint density at radius 2 is 1.55 bits per heavy atom. The fraction of sp³-hybridized carbons (Fsp3) is 0.217. The van der Waals surface area contributed by atoms with Gasteiger partial charge in [0.2, 0.25) is 0 Å². The van der Waals surface area contributed by atoms with Crippen LogP contribution in [-0.2, 0) is 10.0 Å². The number of halogens is 2. The first-order valence-electron chi connectivity index (χ1n) is 9.47. The van der Waals surface area contributed by atoms with Gasteiger partial charge in [-0.1, -0.05) is 24.3 Å². The molecular formula is C23H23F2NO4S. The lowest BCUT2D eigenvalue weighted by molar-refractivity contribution is 0.355. The van der Waals surface area contributed by atoms with Crippen molar-refractivity contribution in [2.24, 2.45) is 0 Å². The smallest absolute Gasteiger partial charge is 0.264 e. The van der Waals surface area contributed by atoms with Gasteiger partial charge >= 0.3 is 0 Å². The molecule has 0 fully saturated rings. The van der Waals surface area contributed by atoms with Gasteiger partial charge in [-0.25, -0.2) is 17.2 Å². The van der Waals surface area contributed by atoms with Crippen LogP contribution in [0.4, 0.5) is 14.5 Å². The Kier molecular flexibility index (Phi) is 6.50. The van der Waals surface area contributed by atoms with E-state index in [2.05, 4.69) is 0 Å². The maximum absolute atomic E-state index is 14.6. The fourth-order valence-corrected chi connectivity index (χ4v) is 4.96. The van der Waals surface area contributed by atoms with E-state index in [4.69, 9.17) is 9.47 Å². The van der Waals surface area contributed by atoms with Crippen molar-refractivity contribution in [1.29, 1.82) is 0 Å². The monoisotopic (exact) mass is 447 g/mol. The lowest BCUT2D eigenvalue weighted by atomic mass is 10.1. The molecule has 0 aliphatic rings. The molecule has 0 aliphatic heterocycles. The maximum atomic E-state index is 14.6. The van der Waals surface area contributed by atoms with Gasteiger partial charge in [-0.2, -0.15) is 0 Å². The van der Waals surface area contributed by atoms with E-state index in [0.29, 0.717) is 17.1 Å². The molecule has 0 unspecified atom stereocenters. The molecule has 0 saturated carbocycles. The Bertz CT molecular complexity index is 1200. The molecule has 3 aromatic rings. The van der Waals surface area contributed by atoms with E-state index in [1.807, 2.05) is 0 Å². The molecule has 0 radical (unpaired) electrons. The minimum Gasteiger partial charge on any atom is -0.493 e. The van der Waals surface area contributed by atoms with E-state index in [-0.39, 0.29) is 16.1 Å². The number of benzene rings is 3. The Morgan fingerprint density at radius 3 is 2.16 bits per heavy atom. The van der Waals surface area contributed by atoms with Gasteiger partial charge in [0.1, 0.15) is 11.6 Å². The van der Waals surface area contributed by atoms with Gasteiger partial charge in [-0.15, -0.1) is 0 Å². The molecule has 1 atom stereocenters. The van der Waals surface area contributed by atoms with Gasteiger partial charge < -0.3 is 9.47 Å². The summed E-state index contributed by atoms with van der Waals surface area (Å²) in [6.45, 7) is 3.11. The van der Waals surface area contributed by atoms with Crippen LogP contribution in [0.25, 0.3) is 0 Å². The molecule has 5 nitrogen and oxygen atoms in total. The zero-order valence-electron chi connectivity index (χ0n) is 17.6. The minimum absolute atomic E-state index is 0.174. The van der Waals surface area contributed by atoms with Gasteiger partial charge in [0.05, 0.1) is 30.8 Å². The van der Waals surface area contributed by atoms with Crippen molar-refractivity contribution in [2.45, 2.75) is 24.8 Å². The second-order valence-corrected chi connectivity index (χ2v) is 8.76. The summed E-state index contributed by atoms with van der Waals surface area (Å²) in [6.07, 6.45) is 0. The van der Waals surface area contributed by atoms with Gasteiger partial charge in [0.15, 0.2) is 11.5 Å². The molecule has 0 bridgehead atoms. The summed E-state index contributed by atoms with van der Waals surface area (Å²) in [6, 6.07) is 13.2. The average Bonchev–Trinajstić information content (AvgIpc) is 2.75. The maximum Gasteiger partial charge on any atom is 0.264 e. The Morgan fingerprint density at radius 1 is 0.871 bits per heavy atom. The molecule has 164 valence electrons. The molecule has 8 heteroatoms. The first-order valence-corrected chi connectivity index (χ1v) is 10.9. The van der Waals surface area contributed by atoms with Crippen molar-refractivity contribution in [3.05, 3.63) is 83.4 Å².